The molecule has 7 amide bonds. The van der Waals surface area contributed by atoms with Gasteiger partial charge in [0.15, 0.2) is 5.78 Å². The van der Waals surface area contributed by atoms with Crippen LogP contribution in [0, 0.1) is 11.8 Å². The van der Waals surface area contributed by atoms with Crippen molar-refractivity contribution in [1.29, 1.82) is 0 Å². The number of hydrogen-bond acceptors (Lipinski definition) is 9. The number of unbranched alkanes of at least 4 members (excludes halogenated alkanes) is 13. The van der Waals surface area contributed by atoms with Crippen LogP contribution in [-0.2, 0) is 38.4 Å². The van der Waals surface area contributed by atoms with Crippen molar-refractivity contribution in [2.75, 3.05) is 58.3 Å². The number of hydrogen-bond donors (Lipinski definition) is 5. The van der Waals surface area contributed by atoms with Crippen molar-refractivity contribution in [2.45, 2.75) is 169 Å². The number of carbonyl (C=O) groups excluding carboxylic acids is 8. The lowest BCUT2D eigenvalue weighted by Gasteiger charge is -2.26. The zero-order valence-electron chi connectivity index (χ0n) is 39.1. The van der Waals surface area contributed by atoms with E-state index >= 15 is 0 Å². The summed E-state index contributed by atoms with van der Waals surface area (Å²) < 4.78 is 0. The Morgan fingerprint density at radius 3 is 1.64 bits per heavy atom. The molecule has 5 N–H and O–H groups in total. The Bertz CT molecular complexity index is 1320. The Hall–Kier alpha value is -3.69. The second-order valence-corrected chi connectivity index (χ2v) is 18.0. The minimum atomic E-state index is -1.01. The molecule has 16 heteroatoms. The molecule has 0 rings (SSSR count). The van der Waals surface area contributed by atoms with E-state index < -0.39 is 29.8 Å². The standard InChI is InChI=1S/C45H83N7O8S/c1-9-10-11-12-13-14-15-16-17-18-19-20-21-25-38(53)47-28-26-42(57)51(7)31-40(55)50-37(45(60)52(8)32-39(54)49-36(6)43(58)34(2)3)24-22-23-27-46-41(56)33-61-30-29-48-44(59)35(4)5/h34-37H,9-33H2,1-8H3,(H,46,56)(H,47,53)(H,48,59)(H,49,54)(H,50,55)/t36-,37-/m0/s1. The van der Waals surface area contributed by atoms with Crippen molar-refractivity contribution >= 4 is 58.9 Å². The van der Waals surface area contributed by atoms with Crippen LogP contribution in [0.2, 0.25) is 0 Å². The predicted molar refractivity (Wildman–Crippen MR) is 245 cm³/mol. The molecule has 0 radical (unpaired) electrons. The molecule has 0 saturated heterocycles. The zero-order valence-corrected chi connectivity index (χ0v) is 39.9. The summed E-state index contributed by atoms with van der Waals surface area (Å²) in [4.78, 5) is 103. The molecule has 0 aliphatic carbocycles. The summed E-state index contributed by atoms with van der Waals surface area (Å²) in [7, 11) is 2.91. The summed E-state index contributed by atoms with van der Waals surface area (Å²) in [6, 6.07) is -1.74. The number of likely N-dealkylation sites (N-methyl/N-ethyl adjacent to an activating group) is 2. The quantitative estimate of drug-likeness (QED) is 0.0539. The van der Waals surface area contributed by atoms with Crippen molar-refractivity contribution in [3.63, 3.8) is 0 Å². The number of nitrogens with zero attached hydrogens (tertiary/aromatic N) is 2. The number of Topliss-reactive ketones (excluding diaryl/α,β-unsaturated/α-hetero) is 1. The maximum atomic E-state index is 13.5. The van der Waals surface area contributed by atoms with Gasteiger partial charge in [-0.1, -0.05) is 112 Å². The van der Waals surface area contributed by atoms with Gasteiger partial charge in [0.2, 0.25) is 41.4 Å². The van der Waals surface area contributed by atoms with Crippen LogP contribution in [0.5, 0.6) is 0 Å². The van der Waals surface area contributed by atoms with E-state index in [2.05, 4.69) is 33.5 Å². The third kappa shape index (κ3) is 30.9. The first-order valence-corrected chi connectivity index (χ1v) is 24.2. The van der Waals surface area contributed by atoms with Crippen LogP contribution in [0.25, 0.3) is 0 Å². The molecule has 0 fully saturated rings. The normalized spacial score (nSPS) is 12.0. The number of amides is 7. The summed E-state index contributed by atoms with van der Waals surface area (Å²) >= 11 is 1.41. The van der Waals surface area contributed by atoms with Crippen molar-refractivity contribution < 1.29 is 38.4 Å². The first-order chi connectivity index (χ1) is 29.0. The van der Waals surface area contributed by atoms with E-state index in [1.807, 2.05) is 13.8 Å². The van der Waals surface area contributed by atoms with Crippen LogP contribution in [-0.4, -0.2) is 127 Å². The number of nitrogens with one attached hydrogen (secondary N) is 5. The summed E-state index contributed by atoms with van der Waals surface area (Å²) in [6.45, 7) is 11.3. The first-order valence-electron chi connectivity index (χ1n) is 23.0. The largest absolute Gasteiger partial charge is 0.356 e. The van der Waals surface area contributed by atoms with Gasteiger partial charge in [-0.25, -0.2) is 0 Å². The van der Waals surface area contributed by atoms with Crippen LogP contribution < -0.4 is 26.6 Å². The van der Waals surface area contributed by atoms with E-state index in [0.717, 1.165) is 19.3 Å². The Morgan fingerprint density at radius 2 is 1.07 bits per heavy atom. The summed E-state index contributed by atoms with van der Waals surface area (Å²) in [5, 5.41) is 13.8. The van der Waals surface area contributed by atoms with Crippen molar-refractivity contribution in [3.05, 3.63) is 0 Å². The van der Waals surface area contributed by atoms with Gasteiger partial charge < -0.3 is 36.4 Å². The molecule has 0 bridgehead atoms. The van der Waals surface area contributed by atoms with Crippen LogP contribution in [0.4, 0.5) is 0 Å². The van der Waals surface area contributed by atoms with Crippen molar-refractivity contribution in [3.8, 4) is 0 Å². The molecule has 0 unspecified atom stereocenters. The van der Waals surface area contributed by atoms with Crippen LogP contribution in [0.3, 0.4) is 0 Å². The van der Waals surface area contributed by atoms with Crippen LogP contribution >= 0.6 is 11.8 Å². The zero-order chi connectivity index (χ0) is 46.0. The summed E-state index contributed by atoms with van der Waals surface area (Å²) in [6.07, 6.45) is 17.6. The number of thioether (sulfide) groups is 1. The van der Waals surface area contributed by atoms with E-state index in [1.165, 1.54) is 99.9 Å². The SMILES string of the molecule is CCCCCCCCCCCCCCCC(=O)NCCC(=O)N(C)CC(=O)N[C@@H](CCCCNC(=O)CSCCNC(=O)C(C)C)C(=O)N(C)CC(=O)N[C@@H](C)C(=O)C(C)C. The molecule has 0 aromatic carbocycles. The van der Waals surface area contributed by atoms with Gasteiger partial charge in [-0.2, -0.15) is 11.8 Å². The molecule has 0 aromatic rings. The van der Waals surface area contributed by atoms with Gasteiger partial charge in [-0.15, -0.1) is 0 Å². The fraction of sp³-hybridized carbons (Fsp3) is 0.822. The van der Waals surface area contributed by atoms with Gasteiger partial charge in [0.05, 0.1) is 24.9 Å². The monoisotopic (exact) mass is 882 g/mol. The predicted octanol–water partition coefficient (Wildman–Crippen LogP) is 4.90. The highest BCUT2D eigenvalue weighted by Gasteiger charge is 2.27. The van der Waals surface area contributed by atoms with Gasteiger partial charge in [0.1, 0.15) is 6.04 Å². The summed E-state index contributed by atoms with van der Waals surface area (Å²) in [5.41, 5.74) is 0. The fourth-order valence-corrected chi connectivity index (χ4v) is 7.16. The second-order valence-electron chi connectivity index (χ2n) is 16.8. The van der Waals surface area contributed by atoms with E-state index in [1.54, 1.807) is 20.8 Å². The van der Waals surface area contributed by atoms with Crippen LogP contribution in [0.15, 0.2) is 0 Å². The Balaban J connectivity index is 4.83. The van der Waals surface area contributed by atoms with E-state index in [-0.39, 0.29) is 79.5 Å². The van der Waals surface area contributed by atoms with Crippen LogP contribution in [0.1, 0.15) is 157 Å². The van der Waals surface area contributed by atoms with E-state index in [9.17, 15) is 38.4 Å². The third-order valence-electron chi connectivity index (χ3n) is 10.3. The lowest BCUT2D eigenvalue weighted by Crippen LogP contribution is -2.52. The minimum Gasteiger partial charge on any atom is -0.356 e. The highest BCUT2D eigenvalue weighted by molar-refractivity contribution is 7.99. The van der Waals surface area contributed by atoms with Gasteiger partial charge in [-0.3, -0.25) is 38.4 Å². The smallest absolute Gasteiger partial charge is 0.245 e. The number of carbonyl (C=O) groups is 8. The maximum absolute atomic E-state index is 13.5. The Kier molecular flexibility index (Phi) is 33.7. The molecule has 0 heterocycles. The first kappa shape index (κ1) is 57.3. The average molecular weight is 882 g/mol. The molecule has 0 spiro atoms. The molecule has 15 nitrogen and oxygen atoms in total. The molecular formula is C45H83N7O8S. The molecule has 352 valence electrons. The van der Waals surface area contributed by atoms with Gasteiger partial charge in [0.25, 0.3) is 0 Å². The number of ketones is 1. The van der Waals surface area contributed by atoms with Gasteiger partial charge in [0, 0.05) is 64.2 Å². The molecule has 0 aliphatic rings. The average Bonchev–Trinajstić information content (AvgIpc) is 3.20. The molecule has 0 saturated carbocycles. The van der Waals surface area contributed by atoms with Crippen molar-refractivity contribution in [2.24, 2.45) is 11.8 Å². The lowest BCUT2D eigenvalue weighted by atomic mass is 10.0. The maximum Gasteiger partial charge on any atom is 0.245 e. The molecule has 0 aromatic heterocycles. The molecule has 0 aliphatic heterocycles. The molecule has 2 atom stereocenters. The molecule has 61 heavy (non-hydrogen) atoms. The minimum absolute atomic E-state index is 0.0188. The Morgan fingerprint density at radius 1 is 0.525 bits per heavy atom. The lowest BCUT2D eigenvalue weighted by molar-refractivity contribution is -0.140. The Labute approximate surface area is 371 Å². The fourth-order valence-electron chi connectivity index (χ4n) is 6.48. The van der Waals surface area contributed by atoms with Gasteiger partial charge >= 0.3 is 0 Å². The number of rotatable bonds is 37. The highest BCUT2D eigenvalue weighted by atomic mass is 32.2. The third-order valence-corrected chi connectivity index (χ3v) is 11.2. The van der Waals surface area contributed by atoms with Crippen molar-refractivity contribution in [1.82, 2.24) is 36.4 Å². The highest BCUT2D eigenvalue weighted by Crippen LogP contribution is 2.13. The summed E-state index contributed by atoms with van der Waals surface area (Å²) in [5.74, 6) is -1.90. The van der Waals surface area contributed by atoms with E-state index in [4.69, 9.17) is 0 Å². The topological polar surface area (TPSA) is 203 Å². The molecular weight excluding hydrogens is 799 g/mol. The second kappa shape index (κ2) is 35.9. The van der Waals surface area contributed by atoms with E-state index in [0.29, 0.717) is 38.1 Å². The van der Waals surface area contributed by atoms with Gasteiger partial charge in [-0.05, 0) is 32.6 Å².